The van der Waals surface area contributed by atoms with Crippen LogP contribution in [0.2, 0.25) is 0 Å². The number of methoxy groups -OCH3 is 2. The van der Waals surface area contributed by atoms with Crippen LogP contribution in [0.3, 0.4) is 0 Å². The molecule has 0 amide bonds. The van der Waals surface area contributed by atoms with E-state index in [0.29, 0.717) is 35.1 Å². The highest BCUT2D eigenvalue weighted by Crippen LogP contribution is 2.34. The van der Waals surface area contributed by atoms with Gasteiger partial charge in [0.15, 0.2) is 5.76 Å². The molecule has 170 valence electrons. The van der Waals surface area contributed by atoms with Gasteiger partial charge in [0, 0.05) is 19.2 Å². The van der Waals surface area contributed by atoms with Crippen molar-refractivity contribution in [3.8, 4) is 22.8 Å². The number of hydrogen-bond donors (Lipinski definition) is 0. The van der Waals surface area contributed by atoms with E-state index in [0.717, 1.165) is 12.8 Å². The first-order valence-electron chi connectivity index (χ1n) is 10.4. The lowest BCUT2D eigenvalue weighted by Crippen LogP contribution is -2.37. The Morgan fingerprint density at radius 3 is 2.59 bits per heavy atom. The second-order valence-corrected chi connectivity index (χ2v) is 9.43. The van der Waals surface area contributed by atoms with Crippen molar-refractivity contribution in [2.45, 2.75) is 30.4 Å². The van der Waals surface area contributed by atoms with Gasteiger partial charge < -0.3 is 18.7 Å². The highest BCUT2D eigenvalue weighted by molar-refractivity contribution is 7.89. The molecular formula is C23H26N2O6S. The average Bonchev–Trinajstić information content (AvgIpc) is 3.51. The predicted octanol–water partition coefficient (Wildman–Crippen LogP) is 3.73. The summed E-state index contributed by atoms with van der Waals surface area (Å²) in [7, 11) is -0.593. The van der Waals surface area contributed by atoms with Crippen molar-refractivity contribution in [1.29, 1.82) is 0 Å². The molecule has 8 nitrogen and oxygen atoms in total. The van der Waals surface area contributed by atoms with Crippen molar-refractivity contribution in [1.82, 2.24) is 9.46 Å². The lowest BCUT2D eigenvalue weighted by Gasteiger charge is -2.24. The van der Waals surface area contributed by atoms with E-state index in [4.69, 9.17) is 18.7 Å². The third kappa shape index (κ3) is 4.79. The fourth-order valence-electron chi connectivity index (χ4n) is 3.71. The third-order valence-electron chi connectivity index (χ3n) is 5.38. The van der Waals surface area contributed by atoms with Gasteiger partial charge >= 0.3 is 0 Å². The summed E-state index contributed by atoms with van der Waals surface area (Å²) in [5, 5.41) is 4.13. The maximum atomic E-state index is 13.4. The van der Waals surface area contributed by atoms with E-state index in [1.165, 1.54) is 4.31 Å². The minimum absolute atomic E-state index is 0.0624. The van der Waals surface area contributed by atoms with E-state index in [9.17, 15) is 8.42 Å². The smallest absolute Gasteiger partial charge is 0.243 e. The molecule has 1 aliphatic heterocycles. The molecular weight excluding hydrogens is 432 g/mol. The summed E-state index contributed by atoms with van der Waals surface area (Å²) < 4.78 is 50.1. The second-order valence-electron chi connectivity index (χ2n) is 7.49. The monoisotopic (exact) mass is 458 g/mol. The van der Waals surface area contributed by atoms with E-state index in [-0.39, 0.29) is 24.1 Å². The first-order chi connectivity index (χ1) is 15.5. The van der Waals surface area contributed by atoms with E-state index >= 15 is 0 Å². The van der Waals surface area contributed by atoms with Gasteiger partial charge in [0.25, 0.3) is 0 Å². The predicted molar refractivity (Wildman–Crippen MR) is 118 cm³/mol. The molecule has 0 N–H and O–H groups in total. The van der Waals surface area contributed by atoms with Gasteiger partial charge in [0.1, 0.15) is 11.5 Å². The molecule has 1 aromatic heterocycles. The SMILES string of the molecule is COc1ccc(OC)c(-c2cc(CN(CC3CCCO3)S(=O)(=O)c3ccccc3)no2)c1. The van der Waals surface area contributed by atoms with Crippen LogP contribution >= 0.6 is 0 Å². The number of aromatic nitrogens is 1. The van der Waals surface area contributed by atoms with Crippen LogP contribution in [0.25, 0.3) is 11.3 Å². The van der Waals surface area contributed by atoms with Crippen molar-refractivity contribution in [3.63, 3.8) is 0 Å². The molecule has 0 spiro atoms. The Labute approximate surface area is 187 Å². The van der Waals surface area contributed by atoms with Crippen molar-refractivity contribution in [2.24, 2.45) is 0 Å². The van der Waals surface area contributed by atoms with Crippen LogP contribution in [0.5, 0.6) is 11.5 Å². The summed E-state index contributed by atoms with van der Waals surface area (Å²) in [4.78, 5) is 0.233. The second kappa shape index (κ2) is 9.72. The fourth-order valence-corrected chi connectivity index (χ4v) is 5.17. The number of sulfonamides is 1. The molecule has 0 saturated carbocycles. The Morgan fingerprint density at radius 2 is 1.91 bits per heavy atom. The Kier molecular flexibility index (Phi) is 6.78. The van der Waals surface area contributed by atoms with Crippen molar-refractivity contribution in [3.05, 3.63) is 60.3 Å². The molecule has 4 rings (SSSR count). The maximum absolute atomic E-state index is 13.4. The number of hydrogen-bond acceptors (Lipinski definition) is 7. The van der Waals surface area contributed by atoms with Gasteiger partial charge in [-0.15, -0.1) is 0 Å². The third-order valence-corrected chi connectivity index (χ3v) is 7.21. The average molecular weight is 459 g/mol. The van der Waals surface area contributed by atoms with Gasteiger partial charge in [-0.1, -0.05) is 23.4 Å². The zero-order valence-corrected chi connectivity index (χ0v) is 18.9. The largest absolute Gasteiger partial charge is 0.497 e. The molecule has 0 radical (unpaired) electrons. The van der Waals surface area contributed by atoms with E-state index < -0.39 is 10.0 Å². The molecule has 3 aromatic rings. The number of ether oxygens (including phenoxy) is 3. The zero-order chi connectivity index (χ0) is 22.6. The molecule has 2 aromatic carbocycles. The molecule has 9 heteroatoms. The first kappa shape index (κ1) is 22.3. The summed E-state index contributed by atoms with van der Waals surface area (Å²) >= 11 is 0. The molecule has 1 aliphatic rings. The van der Waals surface area contributed by atoms with Crippen LogP contribution in [0.4, 0.5) is 0 Å². The molecule has 1 atom stereocenters. The van der Waals surface area contributed by atoms with Gasteiger partial charge in [-0.25, -0.2) is 8.42 Å². The molecule has 0 bridgehead atoms. The highest BCUT2D eigenvalue weighted by atomic mass is 32.2. The summed E-state index contributed by atoms with van der Waals surface area (Å²) in [6, 6.07) is 15.5. The summed E-state index contributed by atoms with van der Waals surface area (Å²) in [5.41, 5.74) is 1.16. The van der Waals surface area contributed by atoms with Crippen LogP contribution < -0.4 is 9.47 Å². The molecule has 1 saturated heterocycles. The summed E-state index contributed by atoms with van der Waals surface area (Å²) in [6.45, 7) is 0.961. The number of benzene rings is 2. The van der Waals surface area contributed by atoms with Crippen molar-refractivity contribution < 1.29 is 27.2 Å². The van der Waals surface area contributed by atoms with Crippen molar-refractivity contribution in [2.75, 3.05) is 27.4 Å². The maximum Gasteiger partial charge on any atom is 0.243 e. The molecule has 32 heavy (non-hydrogen) atoms. The highest BCUT2D eigenvalue weighted by Gasteiger charge is 2.30. The van der Waals surface area contributed by atoms with Crippen molar-refractivity contribution >= 4 is 10.0 Å². The van der Waals surface area contributed by atoms with E-state index in [1.54, 1.807) is 68.8 Å². The zero-order valence-electron chi connectivity index (χ0n) is 18.1. The molecule has 0 aliphatic carbocycles. The van der Waals surface area contributed by atoms with E-state index in [1.807, 2.05) is 0 Å². The van der Waals surface area contributed by atoms with Crippen LogP contribution in [-0.4, -0.2) is 51.4 Å². The van der Waals surface area contributed by atoms with Crippen LogP contribution in [0.15, 0.2) is 64.0 Å². The fraction of sp³-hybridized carbons (Fsp3) is 0.348. The van der Waals surface area contributed by atoms with Gasteiger partial charge in [-0.2, -0.15) is 4.31 Å². The number of nitrogens with zero attached hydrogens (tertiary/aromatic N) is 2. The standard InChI is InChI=1S/C23H26N2O6S/c1-28-18-10-11-22(29-2)21(14-18)23-13-17(24-31-23)15-25(16-19-7-6-12-30-19)32(26,27)20-8-4-3-5-9-20/h3-5,8-11,13-14,19H,6-7,12,15-16H2,1-2H3. The van der Waals surface area contributed by atoms with Crippen LogP contribution in [0, 0.1) is 0 Å². The van der Waals surface area contributed by atoms with Crippen LogP contribution in [0.1, 0.15) is 18.5 Å². The Morgan fingerprint density at radius 1 is 1.09 bits per heavy atom. The Balaban J connectivity index is 1.63. The molecule has 1 unspecified atom stereocenters. The van der Waals surface area contributed by atoms with Gasteiger partial charge in [0.2, 0.25) is 10.0 Å². The Bertz CT molecular complexity index is 1140. The van der Waals surface area contributed by atoms with Crippen LogP contribution in [-0.2, 0) is 21.3 Å². The Hall–Kier alpha value is -2.88. The lowest BCUT2D eigenvalue weighted by molar-refractivity contribution is 0.0922. The minimum Gasteiger partial charge on any atom is -0.497 e. The lowest BCUT2D eigenvalue weighted by atomic mass is 10.1. The minimum atomic E-state index is -3.74. The number of rotatable bonds is 9. The van der Waals surface area contributed by atoms with E-state index in [2.05, 4.69) is 5.16 Å². The quantitative estimate of drug-likeness (QED) is 0.482. The normalized spacial score (nSPS) is 16.4. The summed E-state index contributed by atoms with van der Waals surface area (Å²) in [6.07, 6.45) is 1.61. The first-order valence-corrected chi connectivity index (χ1v) is 11.8. The topological polar surface area (TPSA) is 91.1 Å². The van der Waals surface area contributed by atoms with Gasteiger partial charge in [-0.05, 0) is 43.2 Å². The van der Waals surface area contributed by atoms with Gasteiger partial charge in [0.05, 0.1) is 43.0 Å². The van der Waals surface area contributed by atoms with Gasteiger partial charge in [-0.3, -0.25) is 0 Å². The summed E-state index contributed by atoms with van der Waals surface area (Å²) in [5.74, 6) is 1.71. The molecule has 1 fully saturated rings. The molecule has 2 heterocycles.